The summed E-state index contributed by atoms with van der Waals surface area (Å²) in [4.78, 5) is 33.6. The second kappa shape index (κ2) is 12.5. The second-order valence-electron chi connectivity index (χ2n) is 8.75. The first kappa shape index (κ1) is 28.2. The molecule has 200 valence electrons. The van der Waals surface area contributed by atoms with Crippen molar-refractivity contribution >= 4 is 80.5 Å². The van der Waals surface area contributed by atoms with E-state index in [9.17, 15) is 14.9 Å². The van der Waals surface area contributed by atoms with Gasteiger partial charge in [0.05, 0.1) is 15.3 Å². The molecule has 0 saturated carbocycles. The van der Waals surface area contributed by atoms with E-state index in [0.29, 0.717) is 38.7 Å². The van der Waals surface area contributed by atoms with Crippen LogP contribution in [-0.4, -0.2) is 22.0 Å². The van der Waals surface area contributed by atoms with Crippen molar-refractivity contribution < 1.29 is 9.59 Å². The molecule has 1 aliphatic rings. The number of carbonyl (C=O) groups is 2. The zero-order valence-electron chi connectivity index (χ0n) is 20.6. The molecule has 6 nitrogen and oxygen atoms in total. The molecule has 0 radical (unpaired) electrons. The van der Waals surface area contributed by atoms with Gasteiger partial charge in [-0.15, -0.1) is 11.3 Å². The first-order valence-electron chi connectivity index (χ1n) is 12.0. The van der Waals surface area contributed by atoms with E-state index in [0.717, 1.165) is 16.0 Å². The van der Waals surface area contributed by atoms with E-state index >= 15 is 0 Å². The van der Waals surface area contributed by atoms with Crippen LogP contribution < -0.4 is 10.2 Å². The topological polar surface area (TPSA) is 86.1 Å². The van der Waals surface area contributed by atoms with Crippen molar-refractivity contribution in [1.29, 1.82) is 5.26 Å². The number of hydrogen-bond donors (Lipinski definition) is 1. The number of halogens is 3. The summed E-state index contributed by atoms with van der Waals surface area (Å²) in [5.74, 6) is -0.881. The molecule has 40 heavy (non-hydrogen) atoms. The van der Waals surface area contributed by atoms with Crippen molar-refractivity contribution in [3.8, 4) is 6.07 Å². The molecule has 1 aromatic heterocycles. The fraction of sp³-hybridized carbons (Fsp3) is 0.103. The maximum absolute atomic E-state index is 13.6. The summed E-state index contributed by atoms with van der Waals surface area (Å²) in [5, 5.41) is 14.3. The largest absolute Gasteiger partial charge is 0.297 e. The van der Waals surface area contributed by atoms with Crippen LogP contribution in [-0.2, 0) is 22.4 Å². The smallest absolute Gasteiger partial charge is 0.270 e. The van der Waals surface area contributed by atoms with Gasteiger partial charge in [0, 0.05) is 28.2 Å². The zero-order valence-corrected chi connectivity index (χ0v) is 24.5. The van der Waals surface area contributed by atoms with Crippen LogP contribution in [0.15, 0.2) is 89.6 Å². The van der Waals surface area contributed by atoms with Gasteiger partial charge in [-0.05, 0) is 53.9 Å². The minimum absolute atomic E-state index is 0.176. The summed E-state index contributed by atoms with van der Waals surface area (Å²) >= 11 is 20.8. The number of nitrogens with one attached hydrogen (secondary N) is 1. The molecule has 4 aromatic rings. The number of hydrogen-bond acceptors (Lipinski definition) is 6. The maximum atomic E-state index is 13.6. The quantitative estimate of drug-likeness (QED) is 0.168. The van der Waals surface area contributed by atoms with Crippen LogP contribution in [0.25, 0.3) is 0 Å². The first-order valence-corrected chi connectivity index (χ1v) is 14.8. The van der Waals surface area contributed by atoms with Crippen LogP contribution >= 0.6 is 57.9 Å². The Balaban J connectivity index is 1.41. The number of thioether (sulfide) groups is 1. The van der Waals surface area contributed by atoms with Gasteiger partial charge in [0.25, 0.3) is 5.91 Å². The molecule has 0 unspecified atom stereocenters. The molecule has 0 aliphatic carbocycles. The van der Waals surface area contributed by atoms with Gasteiger partial charge in [-0.3, -0.25) is 19.8 Å². The molecule has 11 heteroatoms. The van der Waals surface area contributed by atoms with Crippen molar-refractivity contribution in [1.82, 2.24) is 4.98 Å². The normalized spacial score (nSPS) is 16.1. The van der Waals surface area contributed by atoms with Crippen molar-refractivity contribution in [2.45, 2.75) is 18.1 Å². The molecule has 1 atom stereocenters. The minimum atomic E-state index is -0.641. The molecular weight excluding hydrogens is 607 g/mol. The average molecular weight is 626 g/mol. The van der Waals surface area contributed by atoms with Gasteiger partial charge >= 0.3 is 0 Å². The van der Waals surface area contributed by atoms with Crippen LogP contribution in [0.1, 0.15) is 16.0 Å². The predicted octanol–water partition coefficient (Wildman–Crippen LogP) is 7.76. The van der Waals surface area contributed by atoms with Gasteiger partial charge in [-0.25, -0.2) is 4.98 Å². The lowest BCUT2D eigenvalue weighted by atomic mass is 10.1. The highest BCUT2D eigenvalue weighted by Gasteiger charge is 2.41. The molecule has 2 amide bonds. The highest BCUT2D eigenvalue weighted by molar-refractivity contribution is 8.05. The molecule has 2 heterocycles. The summed E-state index contributed by atoms with van der Waals surface area (Å²) in [6.07, 6.45) is 2.62. The predicted molar refractivity (Wildman–Crippen MR) is 163 cm³/mol. The van der Waals surface area contributed by atoms with Gasteiger partial charge < -0.3 is 0 Å². The SMILES string of the molecule is N#C/C(C(=O)Nc1ncc(Cc2cccc(Cl)c2)s1)=C1/S[C@H](Cc2ccc(Cl)c(Cl)c2)C(=O)N1c1ccccc1. The maximum Gasteiger partial charge on any atom is 0.270 e. The van der Waals surface area contributed by atoms with Crippen molar-refractivity contribution in [2.24, 2.45) is 0 Å². The third-order valence-corrected chi connectivity index (χ3v) is 9.12. The Hall–Kier alpha value is -3.32. The van der Waals surface area contributed by atoms with Gasteiger partial charge in [0.2, 0.25) is 5.91 Å². The number of nitrogens with zero attached hydrogens (tertiary/aromatic N) is 3. The van der Waals surface area contributed by atoms with Crippen LogP contribution in [0.5, 0.6) is 0 Å². The van der Waals surface area contributed by atoms with E-state index in [1.54, 1.807) is 54.7 Å². The Kier molecular flexibility index (Phi) is 8.79. The number of carbonyl (C=O) groups excluding carboxylic acids is 2. The lowest BCUT2D eigenvalue weighted by molar-refractivity contribution is -0.117. The lowest BCUT2D eigenvalue weighted by Gasteiger charge is -2.18. The van der Waals surface area contributed by atoms with Crippen molar-refractivity contribution in [3.05, 3.63) is 121 Å². The van der Waals surface area contributed by atoms with Crippen LogP contribution in [0, 0.1) is 11.3 Å². The number of nitriles is 1. The van der Waals surface area contributed by atoms with Crippen LogP contribution in [0.4, 0.5) is 10.8 Å². The molecule has 1 N–H and O–H groups in total. The summed E-state index contributed by atoms with van der Waals surface area (Å²) in [7, 11) is 0. The van der Waals surface area contributed by atoms with E-state index in [4.69, 9.17) is 34.8 Å². The zero-order chi connectivity index (χ0) is 28.2. The number of amides is 2. The van der Waals surface area contributed by atoms with E-state index in [1.165, 1.54) is 28.0 Å². The third-order valence-electron chi connectivity index (χ3n) is 5.97. The van der Waals surface area contributed by atoms with E-state index in [-0.39, 0.29) is 16.5 Å². The molecule has 3 aromatic carbocycles. The van der Waals surface area contributed by atoms with Crippen molar-refractivity contribution in [2.75, 3.05) is 10.2 Å². The Bertz CT molecular complexity index is 1670. The minimum Gasteiger partial charge on any atom is -0.297 e. The molecule has 1 saturated heterocycles. The summed E-state index contributed by atoms with van der Waals surface area (Å²) in [6, 6.07) is 23.7. The lowest BCUT2D eigenvalue weighted by Crippen LogP contribution is -2.30. The van der Waals surface area contributed by atoms with Crippen LogP contribution in [0.3, 0.4) is 0 Å². The Morgan fingerprint density at radius 2 is 1.80 bits per heavy atom. The third kappa shape index (κ3) is 6.35. The highest BCUT2D eigenvalue weighted by atomic mass is 35.5. The van der Waals surface area contributed by atoms with E-state index in [2.05, 4.69) is 10.3 Å². The molecule has 5 rings (SSSR count). The fourth-order valence-electron chi connectivity index (χ4n) is 4.13. The van der Waals surface area contributed by atoms with Crippen LogP contribution in [0.2, 0.25) is 15.1 Å². The molecule has 1 fully saturated rings. The highest BCUT2D eigenvalue weighted by Crippen LogP contribution is 2.42. The molecule has 1 aliphatic heterocycles. The monoisotopic (exact) mass is 624 g/mol. The van der Waals surface area contributed by atoms with Gasteiger partial charge in [0.15, 0.2) is 5.13 Å². The number of thiazole rings is 1. The fourth-order valence-corrected chi connectivity index (χ4v) is 6.82. The molecular formula is C29H19Cl3N4O2S2. The summed E-state index contributed by atoms with van der Waals surface area (Å²) in [5.41, 5.74) is 2.21. The Morgan fingerprint density at radius 1 is 1.00 bits per heavy atom. The van der Waals surface area contributed by atoms with Gasteiger partial charge in [0.1, 0.15) is 16.7 Å². The number of para-hydroxylation sites is 1. The standard InChI is InChI=1S/C29H19Cl3N4O2S2/c30-19-6-4-5-17(11-19)12-21-16-34-29(39-21)35-26(37)22(15-33)28-36(20-7-2-1-3-8-20)27(38)25(40-28)14-18-9-10-23(31)24(32)13-18/h1-11,13,16,25H,12,14H2,(H,34,35,37)/b28-22-/t25-/m1/s1. The second-order valence-corrected chi connectivity index (χ2v) is 12.3. The molecule has 0 spiro atoms. The van der Waals surface area contributed by atoms with Gasteiger partial charge in [-0.2, -0.15) is 5.26 Å². The number of benzene rings is 3. The number of anilines is 2. The first-order chi connectivity index (χ1) is 19.3. The van der Waals surface area contributed by atoms with Gasteiger partial charge in [-0.1, -0.05) is 83.0 Å². The number of aromatic nitrogens is 1. The summed E-state index contributed by atoms with van der Waals surface area (Å²) in [6.45, 7) is 0. The number of rotatable bonds is 7. The Morgan fingerprint density at radius 3 is 2.52 bits per heavy atom. The molecule has 0 bridgehead atoms. The van der Waals surface area contributed by atoms with E-state index in [1.807, 2.05) is 30.3 Å². The average Bonchev–Trinajstić information content (AvgIpc) is 3.50. The Labute approximate surface area is 254 Å². The van der Waals surface area contributed by atoms with Crippen molar-refractivity contribution in [3.63, 3.8) is 0 Å². The van der Waals surface area contributed by atoms with E-state index < -0.39 is 11.2 Å². The summed E-state index contributed by atoms with van der Waals surface area (Å²) < 4.78 is 0.